The molecule has 0 radical (unpaired) electrons. The molecule has 0 bridgehead atoms. The van der Waals surface area contributed by atoms with Crippen molar-refractivity contribution in [1.82, 2.24) is 0 Å². The summed E-state index contributed by atoms with van der Waals surface area (Å²) in [7, 11) is 0. The van der Waals surface area contributed by atoms with Crippen molar-refractivity contribution < 1.29 is 9.90 Å². The van der Waals surface area contributed by atoms with Gasteiger partial charge in [0.2, 0.25) is 0 Å². The molecule has 0 aliphatic heterocycles. The van der Waals surface area contributed by atoms with Gasteiger partial charge in [-0.2, -0.15) is 0 Å². The van der Waals surface area contributed by atoms with Crippen molar-refractivity contribution in [2.45, 2.75) is 6.42 Å². The first-order chi connectivity index (χ1) is 16.0. The fourth-order valence-electron chi connectivity index (χ4n) is 3.36. The second-order valence-corrected chi connectivity index (χ2v) is 8.68. The van der Waals surface area contributed by atoms with Crippen molar-refractivity contribution in [2.24, 2.45) is 4.99 Å². The molecule has 0 heterocycles. The molecule has 0 fully saturated rings. The highest BCUT2D eigenvalue weighted by Gasteiger charge is 2.10. The number of benzene rings is 4. The molecule has 4 nitrogen and oxygen atoms in total. The van der Waals surface area contributed by atoms with E-state index in [9.17, 15) is 9.90 Å². The predicted octanol–water partition coefficient (Wildman–Crippen LogP) is 7.40. The van der Waals surface area contributed by atoms with E-state index >= 15 is 0 Å². The SMILES string of the molecule is O=C(Nc1cccc(N=Cc2cc(Cc3ccccc3)cc(Br)c2O)c1)c1ccccc1Cl. The third kappa shape index (κ3) is 5.89. The van der Waals surface area contributed by atoms with E-state index in [2.05, 4.69) is 38.4 Å². The van der Waals surface area contributed by atoms with Crippen molar-refractivity contribution in [3.63, 3.8) is 0 Å². The highest BCUT2D eigenvalue weighted by molar-refractivity contribution is 9.10. The van der Waals surface area contributed by atoms with Crippen LogP contribution >= 0.6 is 27.5 Å². The van der Waals surface area contributed by atoms with Crippen molar-refractivity contribution in [1.29, 1.82) is 0 Å². The van der Waals surface area contributed by atoms with E-state index < -0.39 is 0 Å². The Morgan fingerprint density at radius 2 is 1.70 bits per heavy atom. The van der Waals surface area contributed by atoms with E-state index in [-0.39, 0.29) is 11.7 Å². The second kappa shape index (κ2) is 10.5. The maximum atomic E-state index is 12.5. The standard InChI is InChI=1S/C27H20BrClN2O2/c28-24-15-19(13-18-7-2-1-3-8-18)14-20(26(24)32)17-30-21-9-6-10-22(16-21)31-27(33)23-11-4-5-12-25(23)29/h1-12,14-17,32H,13H2,(H,31,33). The first-order valence-corrected chi connectivity index (χ1v) is 11.4. The highest BCUT2D eigenvalue weighted by atomic mass is 79.9. The average molecular weight is 520 g/mol. The van der Waals surface area contributed by atoms with Crippen molar-refractivity contribution in [3.05, 3.63) is 123 Å². The number of carbonyl (C=O) groups excluding carboxylic acids is 1. The van der Waals surface area contributed by atoms with Gasteiger partial charge in [-0.05, 0) is 75.9 Å². The van der Waals surface area contributed by atoms with Gasteiger partial charge in [-0.25, -0.2) is 0 Å². The number of amides is 1. The Hall–Kier alpha value is -3.41. The van der Waals surface area contributed by atoms with Gasteiger partial charge in [0.1, 0.15) is 5.75 Å². The number of halogens is 2. The molecule has 4 aromatic carbocycles. The summed E-state index contributed by atoms with van der Waals surface area (Å²) in [5, 5.41) is 13.7. The summed E-state index contributed by atoms with van der Waals surface area (Å²) >= 11 is 9.55. The van der Waals surface area contributed by atoms with Crippen molar-refractivity contribution >= 4 is 51.0 Å². The molecule has 4 aromatic rings. The van der Waals surface area contributed by atoms with Crippen LogP contribution in [0.15, 0.2) is 100 Å². The zero-order valence-corrected chi connectivity index (χ0v) is 19.8. The van der Waals surface area contributed by atoms with E-state index in [4.69, 9.17) is 11.6 Å². The van der Waals surface area contributed by atoms with Crippen LogP contribution in [-0.4, -0.2) is 17.2 Å². The van der Waals surface area contributed by atoms with Crippen LogP contribution in [0, 0.1) is 0 Å². The summed E-state index contributed by atoms with van der Waals surface area (Å²) in [5.41, 5.74) is 4.46. The lowest BCUT2D eigenvalue weighted by molar-refractivity contribution is 0.102. The molecule has 6 heteroatoms. The quantitative estimate of drug-likeness (QED) is 0.261. The summed E-state index contributed by atoms with van der Waals surface area (Å²) in [6, 6.07) is 28.0. The minimum atomic E-state index is -0.295. The third-order valence-corrected chi connectivity index (χ3v) is 5.91. The van der Waals surface area contributed by atoms with Crippen molar-refractivity contribution in [2.75, 3.05) is 5.32 Å². The first-order valence-electron chi connectivity index (χ1n) is 10.2. The van der Waals surface area contributed by atoms with Gasteiger partial charge in [0, 0.05) is 17.5 Å². The molecule has 0 atom stereocenters. The van der Waals surface area contributed by atoms with Crippen molar-refractivity contribution in [3.8, 4) is 5.75 Å². The Balaban J connectivity index is 1.53. The fourth-order valence-corrected chi connectivity index (χ4v) is 4.11. The Morgan fingerprint density at radius 1 is 0.939 bits per heavy atom. The maximum absolute atomic E-state index is 12.5. The number of rotatable bonds is 6. The topological polar surface area (TPSA) is 61.7 Å². The van der Waals surface area contributed by atoms with Gasteiger partial charge in [-0.1, -0.05) is 60.1 Å². The van der Waals surface area contributed by atoms with Gasteiger partial charge in [0.05, 0.1) is 20.7 Å². The lowest BCUT2D eigenvalue weighted by Crippen LogP contribution is -2.12. The molecule has 0 unspecified atom stereocenters. The van der Waals surface area contributed by atoms with Gasteiger partial charge < -0.3 is 10.4 Å². The zero-order chi connectivity index (χ0) is 23.2. The van der Waals surface area contributed by atoms with Gasteiger partial charge in [0.25, 0.3) is 5.91 Å². The number of anilines is 1. The van der Waals surface area contributed by atoms with E-state index in [1.807, 2.05) is 36.4 Å². The lowest BCUT2D eigenvalue weighted by Gasteiger charge is -2.08. The molecular formula is C27H20BrClN2O2. The molecule has 164 valence electrons. The number of nitrogens with one attached hydrogen (secondary N) is 1. The van der Waals surface area contributed by atoms with Gasteiger partial charge >= 0.3 is 0 Å². The largest absolute Gasteiger partial charge is 0.506 e. The molecule has 0 saturated carbocycles. The summed E-state index contributed by atoms with van der Waals surface area (Å²) in [5.74, 6) is -0.171. The number of nitrogens with zero attached hydrogens (tertiary/aromatic N) is 1. The third-order valence-electron chi connectivity index (χ3n) is 4.98. The number of carbonyl (C=O) groups is 1. The van der Waals surface area contributed by atoms with E-state index in [1.54, 1.807) is 48.7 Å². The first kappa shape index (κ1) is 22.8. The van der Waals surface area contributed by atoms with Gasteiger partial charge in [0.15, 0.2) is 0 Å². The number of hydrogen-bond donors (Lipinski definition) is 2. The number of aliphatic imine (C=N–C) groups is 1. The number of phenols is 1. The molecular weight excluding hydrogens is 500 g/mol. The van der Waals surface area contributed by atoms with Gasteiger partial charge in [-0.15, -0.1) is 0 Å². The van der Waals surface area contributed by atoms with Crippen LogP contribution in [0.5, 0.6) is 5.75 Å². The fraction of sp³-hybridized carbons (Fsp3) is 0.0370. The maximum Gasteiger partial charge on any atom is 0.257 e. The minimum absolute atomic E-state index is 0.124. The average Bonchev–Trinajstić information content (AvgIpc) is 2.81. The van der Waals surface area contributed by atoms with E-state index in [0.717, 1.165) is 12.0 Å². The van der Waals surface area contributed by atoms with Crippen LogP contribution in [0.4, 0.5) is 11.4 Å². The van der Waals surface area contributed by atoms with Crippen LogP contribution in [0.2, 0.25) is 5.02 Å². The van der Waals surface area contributed by atoms with Crippen LogP contribution in [0.1, 0.15) is 27.0 Å². The van der Waals surface area contributed by atoms with Gasteiger partial charge in [-0.3, -0.25) is 9.79 Å². The molecule has 0 aliphatic carbocycles. The van der Waals surface area contributed by atoms with Crippen LogP contribution < -0.4 is 5.32 Å². The summed E-state index contributed by atoms with van der Waals surface area (Å²) in [4.78, 5) is 17.0. The molecule has 0 aliphatic rings. The molecule has 33 heavy (non-hydrogen) atoms. The Morgan fingerprint density at radius 3 is 2.48 bits per heavy atom. The molecule has 1 amide bonds. The molecule has 0 spiro atoms. The Kier molecular flexibility index (Phi) is 7.23. The van der Waals surface area contributed by atoms with E-state index in [0.29, 0.717) is 32.0 Å². The number of aromatic hydroxyl groups is 1. The summed E-state index contributed by atoms with van der Waals surface area (Å²) in [6.45, 7) is 0. The lowest BCUT2D eigenvalue weighted by atomic mass is 10.0. The normalized spacial score (nSPS) is 11.0. The molecule has 4 rings (SSSR count). The summed E-state index contributed by atoms with van der Waals surface area (Å²) < 4.78 is 0.609. The summed E-state index contributed by atoms with van der Waals surface area (Å²) in [6.07, 6.45) is 2.35. The smallest absolute Gasteiger partial charge is 0.257 e. The highest BCUT2D eigenvalue weighted by Crippen LogP contribution is 2.30. The number of hydrogen-bond acceptors (Lipinski definition) is 3. The second-order valence-electron chi connectivity index (χ2n) is 7.42. The van der Waals surface area contributed by atoms with Crippen LogP contribution in [0.3, 0.4) is 0 Å². The molecule has 2 N–H and O–H groups in total. The zero-order valence-electron chi connectivity index (χ0n) is 17.5. The molecule has 0 saturated heterocycles. The van der Waals surface area contributed by atoms with Crippen LogP contribution in [-0.2, 0) is 6.42 Å². The van der Waals surface area contributed by atoms with Crippen LogP contribution in [0.25, 0.3) is 0 Å². The monoisotopic (exact) mass is 518 g/mol. The minimum Gasteiger partial charge on any atom is -0.506 e. The Labute approximate surface area is 205 Å². The van der Waals surface area contributed by atoms with E-state index in [1.165, 1.54) is 5.56 Å². The number of phenolic OH excluding ortho intramolecular Hbond substituents is 1. The molecule has 0 aromatic heterocycles. The predicted molar refractivity (Wildman–Crippen MR) is 138 cm³/mol. The Bertz CT molecular complexity index is 1320.